The molecule has 0 radical (unpaired) electrons. The molecule has 2 N–H and O–H groups in total. The van der Waals surface area contributed by atoms with E-state index in [9.17, 15) is 0 Å². The van der Waals surface area contributed by atoms with Crippen LogP contribution in [-0.4, -0.2) is 40.3 Å². The maximum atomic E-state index is 5.91. The van der Waals surface area contributed by atoms with E-state index in [0.29, 0.717) is 5.82 Å². The second-order valence-corrected chi connectivity index (χ2v) is 5.27. The van der Waals surface area contributed by atoms with Crippen LogP contribution in [0.15, 0.2) is 5.03 Å². The van der Waals surface area contributed by atoms with Crippen LogP contribution in [0.4, 0.5) is 5.82 Å². The molecule has 0 fully saturated rings. The maximum Gasteiger partial charge on any atom is 0.131 e. The van der Waals surface area contributed by atoms with Crippen molar-refractivity contribution in [3.05, 3.63) is 11.4 Å². The van der Waals surface area contributed by atoms with Gasteiger partial charge in [-0.05, 0) is 20.0 Å². The fourth-order valence-electron chi connectivity index (χ4n) is 1.67. The van der Waals surface area contributed by atoms with Crippen LogP contribution in [0.2, 0.25) is 0 Å². The summed E-state index contributed by atoms with van der Waals surface area (Å²) in [7, 11) is 0. The van der Waals surface area contributed by atoms with Crippen LogP contribution in [-0.2, 0) is 6.42 Å². The van der Waals surface area contributed by atoms with E-state index < -0.39 is 0 Å². The van der Waals surface area contributed by atoms with E-state index in [1.165, 1.54) is 0 Å². The monoisotopic (exact) mass is 268 g/mol. The Labute approximate surface area is 114 Å². The third-order valence-electron chi connectivity index (χ3n) is 3.04. The summed E-state index contributed by atoms with van der Waals surface area (Å²) in [5.41, 5.74) is 6.92. The third-order valence-corrected chi connectivity index (χ3v) is 4.10. The Morgan fingerprint density at radius 2 is 1.83 bits per heavy atom. The SMILES string of the molecule is CCc1nc(N)c(C)c(SCCN(CC)CC)n1. The predicted molar refractivity (Wildman–Crippen MR) is 79.1 cm³/mol. The number of nitrogen functional groups attached to an aromatic ring is 1. The molecule has 0 aliphatic rings. The fraction of sp³-hybridized carbons (Fsp3) is 0.692. The molecule has 0 saturated heterocycles. The van der Waals surface area contributed by atoms with E-state index in [1.54, 1.807) is 11.8 Å². The van der Waals surface area contributed by atoms with E-state index in [2.05, 4.69) is 35.6 Å². The van der Waals surface area contributed by atoms with Gasteiger partial charge in [-0.25, -0.2) is 9.97 Å². The highest BCUT2D eigenvalue weighted by Crippen LogP contribution is 2.23. The van der Waals surface area contributed by atoms with E-state index in [-0.39, 0.29) is 0 Å². The molecule has 0 saturated carbocycles. The molecular weight excluding hydrogens is 244 g/mol. The Bertz CT molecular complexity index is 377. The van der Waals surface area contributed by atoms with Gasteiger partial charge in [0.15, 0.2) is 0 Å². The number of rotatable bonds is 7. The molecular formula is C13H24N4S. The Balaban J connectivity index is 2.64. The topological polar surface area (TPSA) is 55.0 Å². The number of nitrogens with two attached hydrogens (primary N) is 1. The van der Waals surface area contributed by atoms with Crippen LogP contribution in [0.3, 0.4) is 0 Å². The van der Waals surface area contributed by atoms with E-state index in [1.807, 2.05) is 6.92 Å². The van der Waals surface area contributed by atoms with Crippen LogP contribution < -0.4 is 5.73 Å². The van der Waals surface area contributed by atoms with Gasteiger partial charge in [-0.3, -0.25) is 0 Å². The summed E-state index contributed by atoms with van der Waals surface area (Å²) >= 11 is 1.78. The van der Waals surface area contributed by atoms with Crippen LogP contribution in [0, 0.1) is 6.92 Å². The van der Waals surface area contributed by atoms with Crippen LogP contribution in [0.1, 0.15) is 32.2 Å². The second-order valence-electron chi connectivity index (χ2n) is 4.18. The number of anilines is 1. The van der Waals surface area contributed by atoms with Gasteiger partial charge in [0, 0.05) is 24.3 Å². The molecule has 4 nitrogen and oxygen atoms in total. The van der Waals surface area contributed by atoms with Crippen molar-refractivity contribution in [1.82, 2.24) is 14.9 Å². The van der Waals surface area contributed by atoms with Gasteiger partial charge >= 0.3 is 0 Å². The standard InChI is InChI=1S/C13H24N4S/c1-5-11-15-12(14)10(4)13(16-11)18-9-8-17(6-2)7-3/h5-9H2,1-4H3,(H2,14,15,16). The summed E-state index contributed by atoms with van der Waals surface area (Å²) in [5, 5.41) is 1.03. The molecule has 0 amide bonds. The minimum atomic E-state index is 0.618. The first-order valence-corrected chi connectivity index (χ1v) is 7.59. The van der Waals surface area contributed by atoms with E-state index >= 15 is 0 Å². The Morgan fingerprint density at radius 1 is 1.17 bits per heavy atom. The van der Waals surface area contributed by atoms with Gasteiger partial charge in [0.05, 0.1) is 0 Å². The largest absolute Gasteiger partial charge is 0.383 e. The lowest BCUT2D eigenvalue weighted by Gasteiger charge is -2.17. The number of hydrogen-bond acceptors (Lipinski definition) is 5. The van der Waals surface area contributed by atoms with E-state index in [0.717, 1.165) is 48.2 Å². The van der Waals surface area contributed by atoms with Crippen molar-refractivity contribution in [3.8, 4) is 0 Å². The number of nitrogens with zero attached hydrogens (tertiary/aromatic N) is 3. The molecule has 0 aromatic carbocycles. The predicted octanol–water partition coefficient (Wildman–Crippen LogP) is 2.36. The third kappa shape index (κ3) is 4.14. The maximum absolute atomic E-state index is 5.91. The van der Waals surface area contributed by atoms with Crippen LogP contribution in [0.25, 0.3) is 0 Å². The zero-order chi connectivity index (χ0) is 13.5. The van der Waals surface area contributed by atoms with Gasteiger partial charge in [-0.2, -0.15) is 0 Å². The molecule has 1 aromatic heterocycles. The lowest BCUT2D eigenvalue weighted by atomic mass is 10.3. The smallest absolute Gasteiger partial charge is 0.131 e. The van der Waals surface area contributed by atoms with Gasteiger partial charge in [0.2, 0.25) is 0 Å². The van der Waals surface area contributed by atoms with Crippen molar-refractivity contribution < 1.29 is 0 Å². The van der Waals surface area contributed by atoms with Crippen molar-refractivity contribution in [2.75, 3.05) is 31.1 Å². The van der Waals surface area contributed by atoms with Crippen molar-refractivity contribution in [2.45, 2.75) is 39.1 Å². The van der Waals surface area contributed by atoms with Gasteiger partial charge in [-0.1, -0.05) is 20.8 Å². The summed E-state index contributed by atoms with van der Waals surface area (Å²) in [4.78, 5) is 11.2. The molecule has 0 bridgehead atoms. The quantitative estimate of drug-likeness (QED) is 0.608. The Hall–Kier alpha value is -0.810. The number of aromatic nitrogens is 2. The molecule has 18 heavy (non-hydrogen) atoms. The molecule has 0 aliphatic heterocycles. The van der Waals surface area contributed by atoms with Gasteiger partial charge < -0.3 is 10.6 Å². The summed E-state index contributed by atoms with van der Waals surface area (Å²) in [6.07, 6.45) is 0.827. The van der Waals surface area contributed by atoms with Crippen molar-refractivity contribution in [1.29, 1.82) is 0 Å². The van der Waals surface area contributed by atoms with Crippen LogP contribution >= 0.6 is 11.8 Å². The van der Waals surface area contributed by atoms with Crippen molar-refractivity contribution in [3.63, 3.8) is 0 Å². The van der Waals surface area contributed by atoms with Crippen LogP contribution in [0.5, 0.6) is 0 Å². The summed E-state index contributed by atoms with van der Waals surface area (Å²) in [6.45, 7) is 11.7. The summed E-state index contributed by atoms with van der Waals surface area (Å²) in [5.74, 6) is 2.50. The molecule has 1 heterocycles. The Kier molecular flexibility index (Phi) is 6.43. The normalized spacial score (nSPS) is 11.2. The average molecular weight is 268 g/mol. The van der Waals surface area contributed by atoms with Crippen molar-refractivity contribution >= 4 is 17.6 Å². The minimum absolute atomic E-state index is 0.618. The van der Waals surface area contributed by atoms with Gasteiger partial charge in [0.1, 0.15) is 16.7 Å². The highest BCUT2D eigenvalue weighted by Gasteiger charge is 2.09. The number of thioether (sulfide) groups is 1. The first-order valence-electron chi connectivity index (χ1n) is 6.60. The van der Waals surface area contributed by atoms with Gasteiger partial charge in [-0.15, -0.1) is 11.8 Å². The number of hydrogen-bond donors (Lipinski definition) is 1. The fourth-order valence-corrected chi connectivity index (χ4v) is 2.70. The average Bonchev–Trinajstić information content (AvgIpc) is 2.39. The first-order chi connectivity index (χ1) is 8.62. The van der Waals surface area contributed by atoms with Crippen molar-refractivity contribution in [2.24, 2.45) is 0 Å². The van der Waals surface area contributed by atoms with Gasteiger partial charge in [0.25, 0.3) is 0 Å². The lowest BCUT2D eigenvalue weighted by Crippen LogP contribution is -2.25. The molecule has 0 atom stereocenters. The molecule has 102 valence electrons. The second kappa shape index (κ2) is 7.59. The molecule has 1 aromatic rings. The Morgan fingerprint density at radius 3 is 2.39 bits per heavy atom. The molecule has 0 unspecified atom stereocenters. The van der Waals surface area contributed by atoms with E-state index in [4.69, 9.17) is 5.73 Å². The first kappa shape index (κ1) is 15.2. The zero-order valence-electron chi connectivity index (χ0n) is 11.9. The molecule has 0 spiro atoms. The number of aryl methyl sites for hydroxylation is 1. The molecule has 1 rings (SSSR count). The zero-order valence-corrected chi connectivity index (χ0v) is 12.7. The molecule has 0 aliphatic carbocycles. The molecule has 5 heteroatoms. The highest BCUT2D eigenvalue weighted by atomic mass is 32.2. The highest BCUT2D eigenvalue weighted by molar-refractivity contribution is 7.99. The summed E-state index contributed by atoms with van der Waals surface area (Å²) in [6, 6.07) is 0. The minimum Gasteiger partial charge on any atom is -0.383 e. The summed E-state index contributed by atoms with van der Waals surface area (Å²) < 4.78 is 0. The lowest BCUT2D eigenvalue weighted by molar-refractivity contribution is 0.324.